The van der Waals surface area contributed by atoms with Gasteiger partial charge < -0.3 is 28.6 Å². The number of aromatic amines is 1. The zero-order valence-corrected chi connectivity index (χ0v) is 22.2. The number of carbonyl (C=O) groups is 1. The molecule has 38 heavy (non-hydrogen) atoms. The number of H-pyrrole nitrogens is 1. The summed E-state index contributed by atoms with van der Waals surface area (Å²) in [6.07, 6.45) is -0.546. The summed E-state index contributed by atoms with van der Waals surface area (Å²) in [7, 11) is 2.91. The summed E-state index contributed by atoms with van der Waals surface area (Å²) in [6, 6.07) is 13.2. The summed E-state index contributed by atoms with van der Waals surface area (Å²) in [4.78, 5) is 14.4. The second-order valence-electron chi connectivity index (χ2n) is 8.60. The molecule has 1 saturated heterocycles. The number of methoxy groups -OCH3 is 2. The van der Waals surface area contributed by atoms with Gasteiger partial charge in [0.15, 0.2) is 11.5 Å². The minimum Gasteiger partial charge on any atom is -0.493 e. The number of nitrogens with zero attached hydrogens (tertiary/aromatic N) is 3. The fourth-order valence-corrected chi connectivity index (χ4v) is 4.86. The Morgan fingerprint density at radius 3 is 2.45 bits per heavy atom. The quantitative estimate of drug-likeness (QED) is 0.453. The van der Waals surface area contributed by atoms with Crippen molar-refractivity contribution in [1.82, 2.24) is 15.1 Å². The number of halogens is 1. The van der Waals surface area contributed by atoms with Crippen LogP contribution in [0.15, 0.2) is 40.9 Å². The first-order valence-electron chi connectivity index (χ1n) is 11.8. The van der Waals surface area contributed by atoms with Gasteiger partial charge in [-0.3, -0.25) is 10.5 Å². The Balaban J connectivity index is 1.60. The molecule has 1 fully saturated rings. The Kier molecular flexibility index (Phi) is 7.22. The van der Waals surface area contributed by atoms with Crippen LogP contribution in [0.1, 0.15) is 17.0 Å². The molecular formula is C26H24BrN5O6. The second-order valence-corrected chi connectivity index (χ2v) is 9.51. The maximum absolute atomic E-state index is 12.8. The molecule has 0 saturated carbocycles. The van der Waals surface area contributed by atoms with E-state index in [2.05, 4.69) is 32.2 Å². The first-order valence-corrected chi connectivity index (χ1v) is 12.5. The van der Waals surface area contributed by atoms with E-state index in [-0.39, 0.29) is 29.0 Å². The highest BCUT2D eigenvalue weighted by Crippen LogP contribution is 2.49. The molecule has 0 radical (unpaired) electrons. The van der Waals surface area contributed by atoms with Crippen LogP contribution in [-0.2, 0) is 4.74 Å². The SMILES string of the molecule is COc1cc(C2c3c(n[nH]c3-c3ccc(Br)cc3)OC(=N)C2C#N)cc(OC)c1OC(=O)N1CCOCC1. The van der Waals surface area contributed by atoms with Crippen molar-refractivity contribution < 1.29 is 28.5 Å². The summed E-state index contributed by atoms with van der Waals surface area (Å²) in [5.41, 5.74) is 2.71. The van der Waals surface area contributed by atoms with Crippen molar-refractivity contribution >= 4 is 27.9 Å². The first-order chi connectivity index (χ1) is 18.4. The Hall–Kier alpha value is -4.08. The van der Waals surface area contributed by atoms with E-state index in [1.54, 1.807) is 17.0 Å². The number of ether oxygens (including phenoxy) is 5. The van der Waals surface area contributed by atoms with Gasteiger partial charge in [0.25, 0.3) is 0 Å². The molecule has 196 valence electrons. The minimum absolute atomic E-state index is 0.117. The van der Waals surface area contributed by atoms with Gasteiger partial charge in [0.1, 0.15) is 5.92 Å². The fraction of sp³-hybridized carbons (Fsp3) is 0.308. The lowest BCUT2D eigenvalue weighted by molar-refractivity contribution is 0.0411. The zero-order valence-electron chi connectivity index (χ0n) is 20.6. The number of nitrogens with one attached hydrogen (secondary N) is 2. The molecule has 3 aromatic rings. The second kappa shape index (κ2) is 10.7. The molecule has 1 aromatic heterocycles. The molecule has 0 spiro atoms. The third-order valence-corrected chi connectivity index (χ3v) is 7.00. The molecule has 3 heterocycles. The maximum Gasteiger partial charge on any atom is 0.415 e. The lowest BCUT2D eigenvalue weighted by Crippen LogP contribution is -2.42. The van der Waals surface area contributed by atoms with Crippen molar-refractivity contribution in [1.29, 1.82) is 10.7 Å². The normalized spacial score (nSPS) is 18.7. The Morgan fingerprint density at radius 1 is 1.18 bits per heavy atom. The number of nitriles is 1. The van der Waals surface area contributed by atoms with E-state index in [9.17, 15) is 10.1 Å². The number of amides is 1. The summed E-state index contributed by atoms with van der Waals surface area (Å²) in [6.45, 7) is 1.69. The fourth-order valence-electron chi connectivity index (χ4n) is 4.59. The molecule has 2 aromatic carbocycles. The van der Waals surface area contributed by atoms with Gasteiger partial charge in [-0.1, -0.05) is 28.1 Å². The Bertz CT molecular complexity index is 1390. The Labute approximate surface area is 226 Å². The van der Waals surface area contributed by atoms with Crippen molar-refractivity contribution in [2.75, 3.05) is 40.5 Å². The molecule has 11 nitrogen and oxygen atoms in total. The zero-order chi connectivity index (χ0) is 26.8. The third-order valence-electron chi connectivity index (χ3n) is 6.48. The van der Waals surface area contributed by atoms with Crippen molar-refractivity contribution in [2.45, 2.75) is 5.92 Å². The van der Waals surface area contributed by atoms with E-state index >= 15 is 0 Å². The molecular weight excluding hydrogens is 558 g/mol. The van der Waals surface area contributed by atoms with Gasteiger partial charge in [0.05, 0.1) is 44.8 Å². The van der Waals surface area contributed by atoms with E-state index in [0.717, 1.165) is 10.0 Å². The van der Waals surface area contributed by atoms with E-state index in [0.29, 0.717) is 43.1 Å². The smallest absolute Gasteiger partial charge is 0.415 e. The van der Waals surface area contributed by atoms with Crippen molar-refractivity contribution in [3.63, 3.8) is 0 Å². The van der Waals surface area contributed by atoms with Crippen LogP contribution in [0, 0.1) is 22.7 Å². The number of benzene rings is 2. The third kappa shape index (κ3) is 4.66. The lowest BCUT2D eigenvalue weighted by atomic mass is 9.78. The molecule has 12 heteroatoms. The van der Waals surface area contributed by atoms with Gasteiger partial charge >= 0.3 is 6.09 Å². The average Bonchev–Trinajstić information content (AvgIpc) is 3.36. The highest BCUT2D eigenvalue weighted by atomic mass is 79.9. The van der Waals surface area contributed by atoms with E-state index in [4.69, 9.17) is 29.1 Å². The topological polar surface area (TPSA) is 143 Å². The van der Waals surface area contributed by atoms with Crippen LogP contribution in [0.4, 0.5) is 4.79 Å². The van der Waals surface area contributed by atoms with Crippen molar-refractivity contribution in [3.05, 3.63) is 52.0 Å². The molecule has 2 aliphatic heterocycles. The predicted molar refractivity (Wildman–Crippen MR) is 139 cm³/mol. The molecule has 2 atom stereocenters. The van der Waals surface area contributed by atoms with Crippen LogP contribution in [0.3, 0.4) is 0 Å². The number of hydrogen-bond donors (Lipinski definition) is 2. The van der Waals surface area contributed by atoms with Gasteiger partial charge in [0.2, 0.25) is 17.5 Å². The van der Waals surface area contributed by atoms with E-state index in [1.807, 2.05) is 24.3 Å². The summed E-state index contributed by atoms with van der Waals surface area (Å²) in [5.74, 6) is -1.01. The number of hydrogen-bond acceptors (Lipinski definition) is 9. The van der Waals surface area contributed by atoms with Crippen molar-refractivity contribution in [2.24, 2.45) is 5.92 Å². The van der Waals surface area contributed by atoms with Crippen molar-refractivity contribution in [3.8, 4) is 40.5 Å². The van der Waals surface area contributed by atoms with Gasteiger partial charge in [-0.2, -0.15) is 5.26 Å². The minimum atomic E-state index is -0.953. The number of morpholine rings is 1. The molecule has 0 bridgehead atoms. The highest BCUT2D eigenvalue weighted by Gasteiger charge is 2.41. The standard InChI is InChI=1S/C26H24BrN5O6/c1-34-18-11-15(12-19(35-2)23(18)37-26(33)32-7-9-36-10-8-32)20-17(13-28)24(29)38-25-21(20)22(30-31-25)14-3-5-16(27)6-4-14/h3-6,11-12,17,20,29H,7-10H2,1-2H3,(H,30,31). The van der Waals surface area contributed by atoms with Crippen LogP contribution in [0.25, 0.3) is 11.3 Å². The number of carbonyl (C=O) groups excluding carboxylic acids is 1. The maximum atomic E-state index is 12.8. The molecule has 5 rings (SSSR count). The van der Waals surface area contributed by atoms with Crippen LogP contribution in [0.5, 0.6) is 23.1 Å². The Morgan fingerprint density at radius 2 is 1.84 bits per heavy atom. The first kappa shape index (κ1) is 25.6. The van der Waals surface area contributed by atoms with Crippen LogP contribution in [0.2, 0.25) is 0 Å². The van der Waals surface area contributed by atoms with E-state index < -0.39 is 17.9 Å². The number of rotatable bonds is 5. The number of aromatic nitrogens is 2. The van der Waals surface area contributed by atoms with Gasteiger partial charge in [-0.25, -0.2) is 4.79 Å². The molecule has 2 unspecified atom stereocenters. The van der Waals surface area contributed by atoms with Crippen LogP contribution in [-0.4, -0.2) is 67.6 Å². The number of fused-ring (bicyclic) bond motifs is 1. The summed E-state index contributed by atoms with van der Waals surface area (Å²) >= 11 is 3.45. The van der Waals surface area contributed by atoms with Gasteiger partial charge in [0, 0.05) is 29.0 Å². The van der Waals surface area contributed by atoms with Gasteiger partial charge in [-0.05, 0) is 29.8 Å². The van der Waals surface area contributed by atoms with Crippen LogP contribution >= 0.6 is 15.9 Å². The predicted octanol–water partition coefficient (Wildman–Crippen LogP) is 4.33. The monoisotopic (exact) mass is 581 g/mol. The molecule has 2 N–H and O–H groups in total. The highest BCUT2D eigenvalue weighted by molar-refractivity contribution is 9.10. The summed E-state index contributed by atoms with van der Waals surface area (Å²) in [5, 5.41) is 25.8. The largest absolute Gasteiger partial charge is 0.493 e. The van der Waals surface area contributed by atoms with Gasteiger partial charge in [-0.15, -0.1) is 5.10 Å². The summed E-state index contributed by atoms with van der Waals surface area (Å²) < 4.78 is 28.8. The molecule has 2 aliphatic rings. The lowest BCUT2D eigenvalue weighted by Gasteiger charge is -2.29. The van der Waals surface area contributed by atoms with E-state index in [1.165, 1.54) is 14.2 Å². The average molecular weight is 582 g/mol. The van der Waals surface area contributed by atoms with Crippen LogP contribution < -0.4 is 18.9 Å². The molecule has 1 amide bonds. The molecule has 0 aliphatic carbocycles.